The molecule has 0 rings (SSSR count). The second-order valence-electron chi connectivity index (χ2n) is 5.06. The Bertz CT molecular complexity index is 310. The van der Waals surface area contributed by atoms with E-state index in [2.05, 4.69) is 0 Å². The molecule has 0 heterocycles. The first kappa shape index (κ1) is 16.7. The van der Waals surface area contributed by atoms with Crippen molar-refractivity contribution in [2.24, 2.45) is 5.41 Å². The summed E-state index contributed by atoms with van der Waals surface area (Å²) in [5.74, 6) is -0.640. The van der Waals surface area contributed by atoms with Gasteiger partial charge in [-0.25, -0.2) is 4.79 Å². The monoisotopic (exact) mass is 256 g/mol. The minimum atomic E-state index is -0.350. The van der Waals surface area contributed by atoms with E-state index in [-0.39, 0.29) is 23.8 Å². The van der Waals surface area contributed by atoms with Crippen LogP contribution in [0.15, 0.2) is 11.6 Å². The van der Waals surface area contributed by atoms with Crippen molar-refractivity contribution in [3.8, 4) is 0 Å². The molecule has 104 valence electrons. The quantitative estimate of drug-likeness (QED) is 0.541. The van der Waals surface area contributed by atoms with Crippen LogP contribution in [0.3, 0.4) is 0 Å². The molecule has 0 aliphatic heterocycles. The van der Waals surface area contributed by atoms with Crippen LogP contribution in [0, 0.1) is 5.41 Å². The summed E-state index contributed by atoms with van der Waals surface area (Å²) >= 11 is 0. The highest BCUT2D eigenvalue weighted by atomic mass is 16.5. The van der Waals surface area contributed by atoms with Gasteiger partial charge in [0.05, 0.1) is 13.2 Å². The summed E-state index contributed by atoms with van der Waals surface area (Å²) in [6.07, 6.45) is 2.41. The van der Waals surface area contributed by atoms with Gasteiger partial charge in [0.2, 0.25) is 0 Å². The Hall–Kier alpha value is -1.32. The molecule has 0 N–H and O–H groups in total. The lowest BCUT2D eigenvalue weighted by molar-refractivity contribution is -0.143. The maximum absolute atomic E-state index is 11.7. The first-order chi connectivity index (χ1) is 8.30. The Labute approximate surface area is 109 Å². The van der Waals surface area contributed by atoms with Gasteiger partial charge in [0.25, 0.3) is 0 Å². The van der Waals surface area contributed by atoms with Crippen LogP contribution in [0.4, 0.5) is 0 Å². The molecule has 0 aromatic carbocycles. The zero-order valence-electron chi connectivity index (χ0n) is 12.0. The van der Waals surface area contributed by atoms with Gasteiger partial charge in [-0.3, -0.25) is 4.79 Å². The van der Waals surface area contributed by atoms with Gasteiger partial charge in [-0.05, 0) is 25.7 Å². The van der Waals surface area contributed by atoms with Crippen LogP contribution in [-0.2, 0) is 19.1 Å². The number of hydrogen-bond donors (Lipinski definition) is 0. The van der Waals surface area contributed by atoms with Crippen molar-refractivity contribution in [2.45, 2.75) is 47.5 Å². The molecule has 0 aromatic rings. The average molecular weight is 256 g/mol. The first-order valence-corrected chi connectivity index (χ1v) is 6.34. The van der Waals surface area contributed by atoms with Crippen LogP contribution in [0.5, 0.6) is 0 Å². The smallest absolute Gasteiger partial charge is 0.333 e. The van der Waals surface area contributed by atoms with Crippen molar-refractivity contribution in [3.05, 3.63) is 11.6 Å². The van der Waals surface area contributed by atoms with E-state index in [0.717, 1.165) is 0 Å². The molecule has 4 heteroatoms. The lowest BCUT2D eigenvalue weighted by Gasteiger charge is -2.15. The topological polar surface area (TPSA) is 52.6 Å². The van der Waals surface area contributed by atoms with E-state index >= 15 is 0 Å². The summed E-state index contributed by atoms with van der Waals surface area (Å²) in [7, 11) is 0. The Morgan fingerprint density at radius 1 is 1.00 bits per heavy atom. The minimum absolute atomic E-state index is 0.128. The molecule has 0 spiro atoms. The third-order valence-corrected chi connectivity index (χ3v) is 2.05. The molecule has 0 saturated carbocycles. The number of carbonyl (C=O) groups excluding carboxylic acids is 2. The molecule has 0 fully saturated rings. The summed E-state index contributed by atoms with van der Waals surface area (Å²) in [6.45, 7) is 10.2. The van der Waals surface area contributed by atoms with Crippen LogP contribution in [0.25, 0.3) is 0 Å². The van der Waals surface area contributed by atoms with Gasteiger partial charge >= 0.3 is 11.9 Å². The number of ether oxygens (including phenoxy) is 2. The Morgan fingerprint density at radius 3 is 2.00 bits per heavy atom. The average Bonchev–Trinajstić information content (AvgIpc) is 2.23. The van der Waals surface area contributed by atoms with Crippen molar-refractivity contribution in [3.63, 3.8) is 0 Å². The molecule has 0 bridgehead atoms. The SMILES string of the molecule is CCOC(=O)CC/C(=C\C(C)(C)C)C(=O)OCC. The van der Waals surface area contributed by atoms with E-state index in [1.165, 1.54) is 0 Å². The molecule has 0 aromatic heterocycles. The lowest BCUT2D eigenvalue weighted by Crippen LogP contribution is -2.14. The number of hydrogen-bond acceptors (Lipinski definition) is 4. The first-order valence-electron chi connectivity index (χ1n) is 6.34. The number of esters is 2. The molecule has 0 atom stereocenters. The van der Waals surface area contributed by atoms with E-state index in [0.29, 0.717) is 25.2 Å². The van der Waals surface area contributed by atoms with Crippen molar-refractivity contribution < 1.29 is 19.1 Å². The Balaban J connectivity index is 4.64. The fraction of sp³-hybridized carbons (Fsp3) is 0.714. The molecule has 0 unspecified atom stereocenters. The Morgan fingerprint density at radius 2 is 1.56 bits per heavy atom. The van der Waals surface area contributed by atoms with Gasteiger partial charge < -0.3 is 9.47 Å². The predicted octanol–water partition coefficient (Wildman–Crippen LogP) is 2.87. The highest BCUT2D eigenvalue weighted by molar-refractivity contribution is 5.89. The molecule has 0 aliphatic rings. The molecule has 18 heavy (non-hydrogen) atoms. The van der Waals surface area contributed by atoms with Crippen LogP contribution >= 0.6 is 0 Å². The van der Waals surface area contributed by atoms with Gasteiger partial charge in [0.1, 0.15) is 0 Å². The number of allylic oxidation sites excluding steroid dienone is 1. The summed E-state index contributed by atoms with van der Waals surface area (Å²) in [5, 5.41) is 0. The molecular weight excluding hydrogens is 232 g/mol. The van der Waals surface area contributed by atoms with Crippen molar-refractivity contribution in [1.82, 2.24) is 0 Å². The molecule has 0 radical (unpaired) electrons. The summed E-state index contributed by atoms with van der Waals surface area (Å²) in [4.78, 5) is 23.0. The maximum Gasteiger partial charge on any atom is 0.333 e. The van der Waals surface area contributed by atoms with Gasteiger partial charge in [-0.2, -0.15) is 0 Å². The van der Waals surface area contributed by atoms with Crippen LogP contribution < -0.4 is 0 Å². The highest BCUT2D eigenvalue weighted by Gasteiger charge is 2.17. The van der Waals surface area contributed by atoms with E-state index < -0.39 is 0 Å². The lowest BCUT2D eigenvalue weighted by atomic mass is 9.92. The van der Waals surface area contributed by atoms with Crippen LogP contribution in [-0.4, -0.2) is 25.2 Å². The molecule has 4 nitrogen and oxygen atoms in total. The summed E-state index contributed by atoms with van der Waals surface area (Å²) < 4.78 is 9.83. The second kappa shape index (κ2) is 7.90. The van der Waals surface area contributed by atoms with Gasteiger partial charge in [0, 0.05) is 12.0 Å². The summed E-state index contributed by atoms with van der Waals surface area (Å²) in [6, 6.07) is 0. The van der Waals surface area contributed by atoms with Crippen molar-refractivity contribution in [2.75, 3.05) is 13.2 Å². The molecule has 0 aliphatic carbocycles. The molecule has 0 saturated heterocycles. The highest BCUT2D eigenvalue weighted by Crippen LogP contribution is 2.21. The van der Waals surface area contributed by atoms with Crippen LogP contribution in [0.1, 0.15) is 47.5 Å². The predicted molar refractivity (Wildman–Crippen MR) is 70.0 cm³/mol. The third-order valence-electron chi connectivity index (χ3n) is 2.05. The maximum atomic E-state index is 11.7. The largest absolute Gasteiger partial charge is 0.466 e. The molecule has 0 amide bonds. The normalized spacial score (nSPS) is 12.2. The van der Waals surface area contributed by atoms with Gasteiger partial charge in [0.15, 0.2) is 0 Å². The fourth-order valence-electron chi connectivity index (χ4n) is 1.45. The fourth-order valence-corrected chi connectivity index (χ4v) is 1.45. The number of rotatable bonds is 6. The van der Waals surface area contributed by atoms with Crippen molar-refractivity contribution in [1.29, 1.82) is 0 Å². The summed E-state index contributed by atoms with van der Waals surface area (Å²) in [5.41, 5.74) is 0.411. The zero-order chi connectivity index (χ0) is 14.2. The van der Waals surface area contributed by atoms with E-state index in [1.54, 1.807) is 13.8 Å². The van der Waals surface area contributed by atoms with Gasteiger partial charge in [-0.15, -0.1) is 0 Å². The number of carbonyl (C=O) groups is 2. The van der Waals surface area contributed by atoms with Crippen LogP contribution in [0.2, 0.25) is 0 Å². The van der Waals surface area contributed by atoms with Crippen molar-refractivity contribution >= 4 is 11.9 Å². The van der Waals surface area contributed by atoms with E-state index in [1.807, 2.05) is 26.8 Å². The van der Waals surface area contributed by atoms with Gasteiger partial charge in [-0.1, -0.05) is 26.8 Å². The molecular formula is C14H24O4. The zero-order valence-corrected chi connectivity index (χ0v) is 12.0. The standard InChI is InChI=1S/C14H24O4/c1-6-17-12(15)9-8-11(10-14(3,4)5)13(16)18-7-2/h10H,6-9H2,1-5H3/b11-10+. The van der Waals surface area contributed by atoms with E-state index in [4.69, 9.17) is 9.47 Å². The third kappa shape index (κ3) is 7.87. The second-order valence-corrected chi connectivity index (χ2v) is 5.06. The van der Waals surface area contributed by atoms with E-state index in [9.17, 15) is 9.59 Å². The Kier molecular flexibility index (Phi) is 7.32. The minimum Gasteiger partial charge on any atom is -0.466 e.